The normalized spacial score (nSPS) is 13.8. The number of aliphatic hydroxyl groups is 1. The van der Waals surface area contributed by atoms with E-state index >= 15 is 0 Å². The predicted molar refractivity (Wildman–Crippen MR) is 81.5 cm³/mol. The summed E-state index contributed by atoms with van der Waals surface area (Å²) < 4.78 is 0. The largest absolute Gasteiger partial charge is 0.392 e. The summed E-state index contributed by atoms with van der Waals surface area (Å²) >= 11 is 0. The number of rotatable bonds is 7. The first-order valence-corrected chi connectivity index (χ1v) is 7.12. The second-order valence-corrected chi connectivity index (χ2v) is 5.62. The average molecular weight is 292 g/mol. The molecule has 116 valence electrons. The summed E-state index contributed by atoms with van der Waals surface area (Å²) in [6, 6.07) is 5.99. The van der Waals surface area contributed by atoms with Gasteiger partial charge in [-0.25, -0.2) is 0 Å². The minimum atomic E-state index is -0.607. The van der Waals surface area contributed by atoms with Gasteiger partial charge in [-0.05, 0) is 24.0 Å². The molecule has 0 aromatic heterocycles. The summed E-state index contributed by atoms with van der Waals surface area (Å²) in [6.07, 6.45) is 0.240. The quantitative estimate of drug-likeness (QED) is 0.692. The summed E-state index contributed by atoms with van der Waals surface area (Å²) in [4.78, 5) is 23.9. The van der Waals surface area contributed by atoms with Gasteiger partial charge >= 0.3 is 0 Å². The molecule has 0 heterocycles. The Bertz CT molecular complexity index is 483. The van der Waals surface area contributed by atoms with Crippen LogP contribution in [0.4, 0.5) is 0 Å². The monoisotopic (exact) mass is 292 g/mol. The lowest BCUT2D eigenvalue weighted by molar-refractivity contribution is -0.128. The number of nitrogens with two attached hydrogens (primary N) is 1. The van der Waals surface area contributed by atoms with Crippen molar-refractivity contribution in [3.05, 3.63) is 35.4 Å². The van der Waals surface area contributed by atoms with E-state index in [9.17, 15) is 9.59 Å². The Labute approximate surface area is 125 Å². The van der Waals surface area contributed by atoms with E-state index in [0.717, 1.165) is 11.1 Å². The smallest absolute Gasteiger partial charge is 0.237 e. The average Bonchev–Trinajstić information content (AvgIpc) is 2.46. The van der Waals surface area contributed by atoms with E-state index < -0.39 is 12.1 Å². The number of benzene rings is 1. The van der Waals surface area contributed by atoms with Crippen molar-refractivity contribution in [3.63, 3.8) is 0 Å². The number of ketones is 1. The van der Waals surface area contributed by atoms with Crippen LogP contribution in [0.1, 0.15) is 31.9 Å². The van der Waals surface area contributed by atoms with E-state index in [1.807, 2.05) is 13.8 Å². The molecule has 1 aromatic carbocycles. The second kappa shape index (κ2) is 7.90. The summed E-state index contributed by atoms with van der Waals surface area (Å²) in [5.74, 6) is -0.351. The highest BCUT2D eigenvalue weighted by Gasteiger charge is 2.22. The first kappa shape index (κ1) is 17.3. The fourth-order valence-corrected chi connectivity index (χ4v) is 1.81. The lowest BCUT2D eigenvalue weighted by Gasteiger charge is -2.19. The number of hydrogen-bond acceptors (Lipinski definition) is 4. The topological polar surface area (TPSA) is 92.4 Å². The molecule has 0 unspecified atom stereocenters. The molecular weight excluding hydrogens is 268 g/mol. The molecule has 1 aromatic rings. The Balaban J connectivity index is 2.56. The van der Waals surface area contributed by atoms with Gasteiger partial charge in [0.15, 0.2) is 5.78 Å². The van der Waals surface area contributed by atoms with E-state index in [0.29, 0.717) is 0 Å². The van der Waals surface area contributed by atoms with Gasteiger partial charge in [0.2, 0.25) is 5.91 Å². The van der Waals surface area contributed by atoms with Crippen molar-refractivity contribution < 1.29 is 14.7 Å². The molecule has 1 amide bonds. The van der Waals surface area contributed by atoms with Gasteiger partial charge in [0.25, 0.3) is 0 Å². The molecule has 0 fully saturated rings. The Morgan fingerprint density at radius 1 is 1.14 bits per heavy atom. The van der Waals surface area contributed by atoms with Crippen LogP contribution in [0.25, 0.3) is 0 Å². The predicted octanol–water partition coefficient (Wildman–Crippen LogP) is 0.779. The zero-order valence-electron chi connectivity index (χ0n) is 12.8. The van der Waals surface area contributed by atoms with Crippen LogP contribution >= 0.6 is 0 Å². The molecule has 5 nitrogen and oxygen atoms in total. The zero-order valence-corrected chi connectivity index (χ0v) is 12.8. The third-order valence-corrected chi connectivity index (χ3v) is 3.45. The molecule has 4 N–H and O–H groups in total. The summed E-state index contributed by atoms with van der Waals surface area (Å²) in [6.45, 7) is 5.36. The van der Waals surface area contributed by atoms with Gasteiger partial charge < -0.3 is 16.2 Å². The van der Waals surface area contributed by atoms with Crippen molar-refractivity contribution in [2.45, 2.75) is 45.9 Å². The molecule has 5 heteroatoms. The lowest BCUT2D eigenvalue weighted by Crippen LogP contribution is -2.49. The van der Waals surface area contributed by atoms with E-state index in [1.165, 1.54) is 0 Å². The van der Waals surface area contributed by atoms with Crippen LogP contribution < -0.4 is 11.1 Å². The highest BCUT2D eigenvalue weighted by Crippen LogP contribution is 2.07. The summed E-state index contributed by atoms with van der Waals surface area (Å²) in [5.41, 5.74) is 7.40. The van der Waals surface area contributed by atoms with Crippen molar-refractivity contribution in [2.24, 2.45) is 11.7 Å². The van der Waals surface area contributed by atoms with Gasteiger partial charge in [-0.1, -0.05) is 38.1 Å². The van der Waals surface area contributed by atoms with E-state index in [-0.39, 0.29) is 30.6 Å². The first-order valence-electron chi connectivity index (χ1n) is 7.12. The Hall–Kier alpha value is -1.72. The third-order valence-electron chi connectivity index (χ3n) is 3.45. The first-order chi connectivity index (χ1) is 9.85. The molecule has 21 heavy (non-hydrogen) atoms. The van der Waals surface area contributed by atoms with Crippen LogP contribution in [0.5, 0.6) is 0 Å². The number of nitrogens with one attached hydrogen (secondary N) is 1. The van der Waals surface area contributed by atoms with Crippen molar-refractivity contribution in [2.75, 3.05) is 0 Å². The Kier molecular flexibility index (Phi) is 6.52. The van der Waals surface area contributed by atoms with E-state index in [4.69, 9.17) is 10.8 Å². The molecule has 0 bridgehead atoms. The molecule has 0 radical (unpaired) electrons. The van der Waals surface area contributed by atoms with Crippen LogP contribution in [0, 0.1) is 5.92 Å². The molecular formula is C16H24N2O3. The van der Waals surface area contributed by atoms with Crippen LogP contribution in [0.3, 0.4) is 0 Å². The number of amides is 1. The van der Waals surface area contributed by atoms with Gasteiger partial charge in [0.1, 0.15) is 0 Å². The maximum atomic E-state index is 12.1. The number of Topliss-reactive ketones (excluding diaryl/α,β-unsaturated/α-hetero) is 1. The van der Waals surface area contributed by atoms with Gasteiger partial charge in [-0.2, -0.15) is 0 Å². The number of hydrogen-bond donors (Lipinski definition) is 3. The fraction of sp³-hybridized carbons (Fsp3) is 0.500. The van der Waals surface area contributed by atoms with Crippen molar-refractivity contribution in [3.8, 4) is 0 Å². The fourth-order valence-electron chi connectivity index (χ4n) is 1.81. The molecule has 0 saturated heterocycles. The van der Waals surface area contributed by atoms with Crippen LogP contribution in [-0.2, 0) is 22.6 Å². The summed E-state index contributed by atoms with van der Waals surface area (Å²) in [5, 5.41) is 11.6. The van der Waals surface area contributed by atoms with Crippen LogP contribution in [0.15, 0.2) is 24.3 Å². The Morgan fingerprint density at radius 3 is 2.14 bits per heavy atom. The van der Waals surface area contributed by atoms with Crippen molar-refractivity contribution >= 4 is 11.7 Å². The van der Waals surface area contributed by atoms with Gasteiger partial charge in [0, 0.05) is 6.42 Å². The molecule has 1 rings (SSSR count). The van der Waals surface area contributed by atoms with E-state index in [1.54, 1.807) is 31.2 Å². The van der Waals surface area contributed by atoms with E-state index in [2.05, 4.69) is 5.32 Å². The maximum absolute atomic E-state index is 12.1. The second-order valence-electron chi connectivity index (χ2n) is 5.62. The van der Waals surface area contributed by atoms with Crippen molar-refractivity contribution in [1.82, 2.24) is 5.32 Å². The third kappa shape index (κ3) is 5.28. The Morgan fingerprint density at radius 2 is 1.67 bits per heavy atom. The SMILES string of the molecule is CC(C)[C@@H](N)C(=O)N[C@@H](C)C(=O)Cc1ccc(CO)cc1. The maximum Gasteiger partial charge on any atom is 0.237 e. The minimum absolute atomic E-state index is 0.0201. The van der Waals surface area contributed by atoms with Gasteiger partial charge in [0.05, 0.1) is 18.7 Å². The lowest BCUT2D eigenvalue weighted by atomic mass is 10.0. The molecule has 0 spiro atoms. The minimum Gasteiger partial charge on any atom is -0.392 e. The standard InChI is InChI=1S/C16H24N2O3/c1-10(2)15(17)16(21)18-11(3)14(20)8-12-4-6-13(9-19)7-5-12/h4-7,10-11,15,19H,8-9,17H2,1-3H3,(H,18,21)/t11-,15+/m0/s1. The molecule has 0 aliphatic rings. The highest BCUT2D eigenvalue weighted by atomic mass is 16.3. The van der Waals surface area contributed by atoms with Gasteiger partial charge in [-0.15, -0.1) is 0 Å². The zero-order chi connectivity index (χ0) is 16.0. The molecule has 0 aliphatic heterocycles. The van der Waals surface area contributed by atoms with Crippen molar-refractivity contribution in [1.29, 1.82) is 0 Å². The molecule has 2 atom stereocenters. The number of carbonyl (C=O) groups is 2. The van der Waals surface area contributed by atoms with Crippen LogP contribution in [-0.4, -0.2) is 28.9 Å². The number of aliphatic hydroxyl groups excluding tert-OH is 1. The highest BCUT2D eigenvalue weighted by molar-refractivity contribution is 5.91. The summed E-state index contributed by atoms with van der Waals surface area (Å²) in [7, 11) is 0. The molecule has 0 aliphatic carbocycles. The van der Waals surface area contributed by atoms with Gasteiger partial charge in [-0.3, -0.25) is 9.59 Å². The number of carbonyl (C=O) groups excluding carboxylic acids is 2. The van der Waals surface area contributed by atoms with Crippen LogP contribution in [0.2, 0.25) is 0 Å². The molecule has 0 saturated carbocycles.